The summed E-state index contributed by atoms with van der Waals surface area (Å²) in [4.78, 5) is 7.92. The van der Waals surface area contributed by atoms with Crippen molar-refractivity contribution in [3.05, 3.63) is 48.5 Å². The molecule has 4 nitrogen and oxygen atoms in total. The summed E-state index contributed by atoms with van der Waals surface area (Å²) in [6, 6.07) is 9.56. The van der Waals surface area contributed by atoms with E-state index in [1.165, 1.54) is 12.7 Å². The smallest absolute Gasteiger partial charge is 0.125 e. The minimum absolute atomic E-state index is 0.696. The summed E-state index contributed by atoms with van der Waals surface area (Å²) in [6.07, 6.45) is 4.39. The van der Waals surface area contributed by atoms with Crippen molar-refractivity contribution in [2.24, 2.45) is 10.2 Å². The predicted octanol–water partition coefficient (Wildman–Crippen LogP) is 6.67. The quantitative estimate of drug-likeness (QED) is 0.582. The Labute approximate surface area is 135 Å². The van der Waals surface area contributed by atoms with Crippen LogP contribution in [-0.2, 0) is 0 Å². The van der Waals surface area contributed by atoms with Crippen molar-refractivity contribution in [2.45, 2.75) is 54.9 Å². The third-order valence-corrected chi connectivity index (χ3v) is 1.91. The first kappa shape index (κ1) is 22.2. The number of benzene rings is 1. The van der Waals surface area contributed by atoms with E-state index >= 15 is 0 Å². The zero-order chi connectivity index (χ0) is 17.2. The topological polar surface area (TPSA) is 50.5 Å². The van der Waals surface area contributed by atoms with E-state index in [1.54, 1.807) is 6.20 Å². The Kier molecular flexibility index (Phi) is 17.1. The van der Waals surface area contributed by atoms with Crippen LogP contribution < -0.4 is 0 Å². The largest absolute Gasteiger partial charge is 0.242 e. The van der Waals surface area contributed by atoms with Crippen molar-refractivity contribution in [1.82, 2.24) is 9.97 Å². The van der Waals surface area contributed by atoms with Gasteiger partial charge in [-0.05, 0) is 19.1 Å². The Morgan fingerprint density at radius 3 is 1.95 bits per heavy atom. The summed E-state index contributed by atoms with van der Waals surface area (Å²) >= 11 is 0. The molecule has 1 aromatic carbocycles. The van der Waals surface area contributed by atoms with Gasteiger partial charge in [-0.15, -0.1) is 5.11 Å². The van der Waals surface area contributed by atoms with Crippen LogP contribution in [0.5, 0.6) is 0 Å². The number of rotatable bonds is 2. The molecule has 1 aromatic heterocycles. The molecule has 0 bridgehead atoms. The van der Waals surface area contributed by atoms with Gasteiger partial charge >= 0.3 is 0 Å². The van der Waals surface area contributed by atoms with Gasteiger partial charge < -0.3 is 0 Å². The molecule has 4 heteroatoms. The second-order valence-electron chi connectivity index (χ2n) is 3.74. The van der Waals surface area contributed by atoms with Gasteiger partial charge in [0, 0.05) is 0 Å². The van der Waals surface area contributed by atoms with Crippen LogP contribution in [-0.4, -0.2) is 9.97 Å². The lowest BCUT2D eigenvalue weighted by Gasteiger charge is -1.95. The summed E-state index contributed by atoms with van der Waals surface area (Å²) < 4.78 is 0. The van der Waals surface area contributed by atoms with Gasteiger partial charge in [-0.25, -0.2) is 9.97 Å². The molecule has 122 valence electrons. The molecule has 0 radical (unpaired) electrons. The lowest BCUT2D eigenvalue weighted by molar-refractivity contribution is 1.07. The Morgan fingerprint density at radius 2 is 1.45 bits per heavy atom. The first-order valence-electron chi connectivity index (χ1n) is 8.01. The normalized spacial score (nSPS) is 8.68. The Hall–Kier alpha value is -2.10. The van der Waals surface area contributed by atoms with Crippen molar-refractivity contribution in [3.8, 4) is 0 Å². The van der Waals surface area contributed by atoms with Gasteiger partial charge in [0.1, 0.15) is 12.0 Å². The molecule has 22 heavy (non-hydrogen) atoms. The van der Waals surface area contributed by atoms with E-state index in [1.807, 2.05) is 65.0 Å². The minimum Gasteiger partial charge on any atom is -0.242 e. The Bertz CT molecular complexity index is 481. The second kappa shape index (κ2) is 17.0. The minimum atomic E-state index is 0.696. The zero-order valence-corrected chi connectivity index (χ0v) is 15.0. The summed E-state index contributed by atoms with van der Waals surface area (Å²) in [5.41, 5.74) is 2.34. The van der Waals surface area contributed by atoms with Crippen LogP contribution in [0.15, 0.2) is 53.1 Å². The summed E-state index contributed by atoms with van der Waals surface area (Å²) in [5.74, 6) is 0. The molecule has 1 heterocycles. The van der Waals surface area contributed by atoms with Crippen LogP contribution in [0, 0.1) is 6.92 Å². The molecule has 0 N–H and O–H groups in total. The molecule has 0 atom stereocenters. The fourth-order valence-corrected chi connectivity index (χ4v) is 1.09. The van der Waals surface area contributed by atoms with E-state index in [0.717, 1.165) is 11.4 Å². The highest BCUT2D eigenvalue weighted by atomic mass is 15.1. The number of azo groups is 1. The van der Waals surface area contributed by atoms with Crippen LogP contribution in [0.2, 0.25) is 0 Å². The van der Waals surface area contributed by atoms with Gasteiger partial charge in [-0.3, -0.25) is 0 Å². The molecule has 0 saturated carbocycles. The van der Waals surface area contributed by atoms with Crippen LogP contribution >= 0.6 is 0 Å². The number of hydrogen-bond donors (Lipinski definition) is 0. The fourth-order valence-electron chi connectivity index (χ4n) is 1.09. The third kappa shape index (κ3) is 10.7. The zero-order valence-electron chi connectivity index (χ0n) is 15.0. The van der Waals surface area contributed by atoms with E-state index in [0.29, 0.717) is 5.69 Å². The van der Waals surface area contributed by atoms with Crippen molar-refractivity contribution in [3.63, 3.8) is 0 Å². The molecule has 0 fully saturated rings. The Balaban J connectivity index is 0. The van der Waals surface area contributed by atoms with Gasteiger partial charge in [0.05, 0.1) is 17.6 Å². The molecule has 2 aromatic rings. The Morgan fingerprint density at radius 1 is 0.909 bits per heavy atom. The monoisotopic (exact) mass is 302 g/mol. The highest BCUT2D eigenvalue weighted by Gasteiger charge is 1.95. The van der Waals surface area contributed by atoms with Crippen LogP contribution in [0.3, 0.4) is 0 Å². The van der Waals surface area contributed by atoms with E-state index in [4.69, 9.17) is 0 Å². The van der Waals surface area contributed by atoms with Crippen molar-refractivity contribution < 1.29 is 0 Å². The highest BCUT2D eigenvalue weighted by Crippen LogP contribution is 2.18. The van der Waals surface area contributed by atoms with Gasteiger partial charge in [0.25, 0.3) is 0 Å². The highest BCUT2D eigenvalue weighted by molar-refractivity contribution is 5.40. The molecule has 0 saturated heterocycles. The van der Waals surface area contributed by atoms with Crippen molar-refractivity contribution in [2.75, 3.05) is 0 Å². The molecular formula is C18H30N4. The lowest BCUT2D eigenvalue weighted by Crippen LogP contribution is -1.81. The molecule has 0 spiro atoms. The third-order valence-electron chi connectivity index (χ3n) is 1.91. The average Bonchev–Trinajstić information content (AvgIpc) is 2.59. The maximum Gasteiger partial charge on any atom is 0.125 e. The van der Waals surface area contributed by atoms with Gasteiger partial charge in [-0.1, -0.05) is 66.2 Å². The van der Waals surface area contributed by atoms with E-state index < -0.39 is 0 Å². The lowest BCUT2D eigenvalue weighted by atomic mass is 10.3. The molecule has 0 amide bonds. The van der Waals surface area contributed by atoms with Crippen molar-refractivity contribution in [1.29, 1.82) is 0 Å². The van der Waals surface area contributed by atoms with Crippen molar-refractivity contribution >= 4 is 11.4 Å². The summed E-state index contributed by atoms with van der Waals surface area (Å²) in [6.45, 7) is 14.1. The molecule has 0 aliphatic rings. The summed E-state index contributed by atoms with van der Waals surface area (Å²) in [7, 11) is 0. The van der Waals surface area contributed by atoms with Gasteiger partial charge in [0.2, 0.25) is 0 Å². The maximum atomic E-state index is 4.08. The van der Waals surface area contributed by atoms with Gasteiger partial charge in [-0.2, -0.15) is 5.11 Å². The predicted molar refractivity (Wildman–Crippen MR) is 96.0 cm³/mol. The first-order valence-corrected chi connectivity index (χ1v) is 8.01. The molecule has 0 aliphatic heterocycles. The summed E-state index contributed by atoms with van der Waals surface area (Å²) in [5, 5.41) is 8.16. The SMILES string of the molecule is CC.CC.CCC.Cc1ncncc1N=Nc1ccccc1. The van der Waals surface area contributed by atoms with Crippen LogP contribution in [0.4, 0.5) is 11.4 Å². The standard InChI is InChI=1S/C11H10N4.C3H8.2C2H6/c1-9-11(7-12-8-13-9)15-14-10-5-3-2-4-6-10;1-3-2;2*1-2/h2-8H,1H3;3H2,1-2H3;2*1-2H3. The van der Waals surface area contributed by atoms with E-state index in [9.17, 15) is 0 Å². The molecule has 0 aliphatic carbocycles. The maximum absolute atomic E-state index is 4.08. The number of aryl methyl sites for hydroxylation is 1. The average molecular weight is 302 g/mol. The fraction of sp³-hybridized carbons (Fsp3) is 0.444. The van der Waals surface area contributed by atoms with Crippen LogP contribution in [0.1, 0.15) is 53.7 Å². The van der Waals surface area contributed by atoms with Crippen LogP contribution in [0.25, 0.3) is 0 Å². The van der Waals surface area contributed by atoms with Gasteiger partial charge in [0.15, 0.2) is 0 Å². The van der Waals surface area contributed by atoms with E-state index in [-0.39, 0.29) is 0 Å². The molecule has 0 unspecified atom stereocenters. The van der Waals surface area contributed by atoms with E-state index in [2.05, 4.69) is 34.0 Å². The second-order valence-corrected chi connectivity index (χ2v) is 3.74. The molecule has 2 rings (SSSR count). The first-order chi connectivity index (χ1) is 10.8. The number of aromatic nitrogens is 2. The number of nitrogens with zero attached hydrogens (tertiary/aromatic N) is 4. The number of hydrogen-bond acceptors (Lipinski definition) is 4. The molecular weight excluding hydrogens is 272 g/mol.